The van der Waals surface area contributed by atoms with Gasteiger partial charge in [0.15, 0.2) is 5.82 Å². The molecule has 1 amide bonds. The third kappa shape index (κ3) is 4.40. The molecule has 4 rings (SSSR count). The molecular weight excluding hydrogens is 352 g/mol. The molecule has 0 aromatic carbocycles. The van der Waals surface area contributed by atoms with Crippen molar-refractivity contribution in [1.29, 1.82) is 0 Å². The van der Waals surface area contributed by atoms with Crippen molar-refractivity contribution in [1.82, 2.24) is 20.3 Å². The molecule has 2 aromatic rings. The molecule has 0 saturated carbocycles. The van der Waals surface area contributed by atoms with E-state index in [4.69, 9.17) is 0 Å². The van der Waals surface area contributed by atoms with Gasteiger partial charge in [0, 0.05) is 38.3 Å². The first-order chi connectivity index (χ1) is 13.8. The maximum absolute atomic E-state index is 12.5. The maximum atomic E-state index is 12.5. The van der Waals surface area contributed by atoms with E-state index in [1.165, 1.54) is 19.3 Å². The lowest BCUT2D eigenvalue weighted by atomic mass is 9.95. The summed E-state index contributed by atoms with van der Waals surface area (Å²) in [4.78, 5) is 30.4. The van der Waals surface area contributed by atoms with Crippen LogP contribution in [0.25, 0.3) is 0 Å². The smallest absolute Gasteiger partial charge is 0.223 e. The van der Waals surface area contributed by atoms with Crippen molar-refractivity contribution in [2.24, 2.45) is 5.92 Å². The summed E-state index contributed by atoms with van der Waals surface area (Å²) < 4.78 is 0. The van der Waals surface area contributed by atoms with Crippen molar-refractivity contribution < 1.29 is 4.79 Å². The standard InChI is InChI=1S/C21H28N6O/c28-21(24-14-18-6-2-3-9-23-18)17-7-12-26(13-8-17)19-15-22-16-25-20(19)27-10-4-1-5-11-27/h2-3,6,9,15-17H,1,4-5,7-8,10-14H2,(H,24,28). The van der Waals surface area contributed by atoms with Crippen LogP contribution in [-0.4, -0.2) is 47.0 Å². The Hall–Kier alpha value is -2.70. The average molecular weight is 380 g/mol. The fourth-order valence-corrected chi connectivity index (χ4v) is 4.10. The van der Waals surface area contributed by atoms with E-state index in [9.17, 15) is 4.79 Å². The normalized spacial score (nSPS) is 18.1. The van der Waals surface area contributed by atoms with Crippen LogP contribution in [0, 0.1) is 5.92 Å². The minimum Gasteiger partial charge on any atom is -0.367 e. The molecule has 2 saturated heterocycles. The van der Waals surface area contributed by atoms with Gasteiger partial charge >= 0.3 is 0 Å². The Labute approximate surface area is 166 Å². The van der Waals surface area contributed by atoms with Crippen molar-refractivity contribution in [2.45, 2.75) is 38.6 Å². The van der Waals surface area contributed by atoms with Crippen LogP contribution >= 0.6 is 0 Å². The highest BCUT2D eigenvalue weighted by atomic mass is 16.1. The Morgan fingerprint density at radius 2 is 1.86 bits per heavy atom. The third-order valence-corrected chi connectivity index (χ3v) is 5.70. The number of rotatable bonds is 5. The molecule has 0 bridgehead atoms. The summed E-state index contributed by atoms with van der Waals surface area (Å²) >= 11 is 0. The van der Waals surface area contributed by atoms with Gasteiger partial charge in [0.1, 0.15) is 6.33 Å². The zero-order valence-corrected chi connectivity index (χ0v) is 16.3. The molecular formula is C21H28N6O. The Morgan fingerprint density at radius 1 is 1.04 bits per heavy atom. The first-order valence-corrected chi connectivity index (χ1v) is 10.3. The first kappa shape index (κ1) is 18.7. The van der Waals surface area contributed by atoms with Crippen molar-refractivity contribution >= 4 is 17.4 Å². The van der Waals surface area contributed by atoms with Gasteiger partial charge in [-0.25, -0.2) is 9.97 Å². The number of hydrogen-bond donors (Lipinski definition) is 1. The van der Waals surface area contributed by atoms with Gasteiger partial charge in [-0.2, -0.15) is 0 Å². The average Bonchev–Trinajstić information content (AvgIpc) is 2.79. The highest BCUT2D eigenvalue weighted by Crippen LogP contribution is 2.31. The van der Waals surface area contributed by atoms with E-state index in [2.05, 4.69) is 30.1 Å². The zero-order valence-electron chi connectivity index (χ0n) is 16.3. The third-order valence-electron chi connectivity index (χ3n) is 5.70. The summed E-state index contributed by atoms with van der Waals surface area (Å²) in [5.41, 5.74) is 2.00. The highest BCUT2D eigenvalue weighted by molar-refractivity contribution is 5.79. The molecule has 28 heavy (non-hydrogen) atoms. The van der Waals surface area contributed by atoms with Crippen LogP contribution in [0.4, 0.5) is 11.5 Å². The molecule has 2 fully saturated rings. The molecule has 4 heterocycles. The van der Waals surface area contributed by atoms with Crippen LogP contribution in [-0.2, 0) is 11.3 Å². The monoisotopic (exact) mass is 380 g/mol. The highest BCUT2D eigenvalue weighted by Gasteiger charge is 2.27. The number of anilines is 2. The van der Waals surface area contributed by atoms with Gasteiger partial charge in [-0.05, 0) is 44.2 Å². The summed E-state index contributed by atoms with van der Waals surface area (Å²) in [5, 5.41) is 3.03. The van der Waals surface area contributed by atoms with Crippen LogP contribution in [0.2, 0.25) is 0 Å². The van der Waals surface area contributed by atoms with E-state index in [1.807, 2.05) is 24.4 Å². The van der Waals surface area contributed by atoms with Gasteiger partial charge in [-0.15, -0.1) is 0 Å². The maximum Gasteiger partial charge on any atom is 0.223 e. The Balaban J connectivity index is 1.33. The summed E-state index contributed by atoms with van der Waals surface area (Å²) in [7, 11) is 0. The van der Waals surface area contributed by atoms with Crippen LogP contribution in [0.5, 0.6) is 0 Å². The number of amides is 1. The SMILES string of the molecule is O=C(NCc1ccccn1)C1CCN(c2cncnc2N2CCCCC2)CC1. The van der Waals surface area contributed by atoms with E-state index in [-0.39, 0.29) is 11.8 Å². The fraction of sp³-hybridized carbons (Fsp3) is 0.524. The molecule has 2 aliphatic heterocycles. The number of nitrogens with zero attached hydrogens (tertiary/aromatic N) is 5. The number of aromatic nitrogens is 3. The minimum atomic E-state index is 0.0584. The minimum absolute atomic E-state index is 0.0584. The molecule has 0 unspecified atom stereocenters. The molecule has 7 heteroatoms. The Morgan fingerprint density at radius 3 is 2.61 bits per heavy atom. The fourth-order valence-electron chi connectivity index (χ4n) is 4.10. The quantitative estimate of drug-likeness (QED) is 0.859. The van der Waals surface area contributed by atoms with E-state index < -0.39 is 0 Å². The second-order valence-electron chi connectivity index (χ2n) is 7.58. The predicted molar refractivity (Wildman–Crippen MR) is 109 cm³/mol. The Bertz CT molecular complexity index is 769. The molecule has 2 aromatic heterocycles. The van der Waals surface area contributed by atoms with Crippen LogP contribution in [0.3, 0.4) is 0 Å². The van der Waals surface area contributed by atoms with Crippen molar-refractivity contribution in [3.8, 4) is 0 Å². The van der Waals surface area contributed by atoms with Gasteiger partial charge in [-0.3, -0.25) is 9.78 Å². The topological polar surface area (TPSA) is 74.2 Å². The van der Waals surface area contributed by atoms with Crippen LogP contribution in [0.1, 0.15) is 37.8 Å². The number of carbonyl (C=O) groups is 1. The molecule has 7 nitrogen and oxygen atoms in total. The number of piperidine rings is 2. The molecule has 148 valence electrons. The molecule has 0 spiro atoms. The van der Waals surface area contributed by atoms with Crippen LogP contribution < -0.4 is 15.1 Å². The molecule has 2 aliphatic rings. The van der Waals surface area contributed by atoms with Gasteiger partial charge in [0.25, 0.3) is 0 Å². The zero-order chi connectivity index (χ0) is 19.2. The molecule has 0 atom stereocenters. The lowest BCUT2D eigenvalue weighted by Crippen LogP contribution is -2.41. The van der Waals surface area contributed by atoms with Gasteiger partial charge in [0.2, 0.25) is 5.91 Å². The Kier molecular flexibility index (Phi) is 5.99. The summed E-state index contributed by atoms with van der Waals surface area (Å²) in [6, 6.07) is 5.75. The van der Waals surface area contributed by atoms with Gasteiger partial charge < -0.3 is 15.1 Å². The largest absolute Gasteiger partial charge is 0.367 e. The molecule has 0 aliphatic carbocycles. The second kappa shape index (κ2) is 8.99. The summed E-state index contributed by atoms with van der Waals surface area (Å²) in [6.07, 6.45) is 10.8. The molecule has 0 radical (unpaired) electrons. The summed E-state index contributed by atoms with van der Waals surface area (Å²) in [6.45, 7) is 4.34. The molecule has 1 N–H and O–H groups in total. The lowest BCUT2D eigenvalue weighted by molar-refractivity contribution is -0.125. The van der Waals surface area contributed by atoms with Crippen molar-refractivity contribution in [3.05, 3.63) is 42.6 Å². The lowest BCUT2D eigenvalue weighted by Gasteiger charge is -2.36. The van der Waals surface area contributed by atoms with Gasteiger partial charge in [-0.1, -0.05) is 6.07 Å². The van der Waals surface area contributed by atoms with Crippen molar-refractivity contribution in [3.63, 3.8) is 0 Å². The predicted octanol–water partition coefficient (Wildman–Crippen LogP) is 2.39. The number of nitrogens with one attached hydrogen (secondary N) is 1. The number of pyridine rings is 1. The number of carbonyl (C=O) groups excluding carboxylic acids is 1. The van der Waals surface area contributed by atoms with Gasteiger partial charge in [0.05, 0.1) is 24.1 Å². The second-order valence-corrected chi connectivity index (χ2v) is 7.58. The first-order valence-electron chi connectivity index (χ1n) is 10.3. The summed E-state index contributed by atoms with van der Waals surface area (Å²) in [5.74, 6) is 1.24. The van der Waals surface area contributed by atoms with E-state index in [0.717, 1.165) is 56.2 Å². The van der Waals surface area contributed by atoms with E-state index in [1.54, 1.807) is 12.5 Å². The van der Waals surface area contributed by atoms with Crippen LogP contribution in [0.15, 0.2) is 36.9 Å². The van der Waals surface area contributed by atoms with E-state index >= 15 is 0 Å². The van der Waals surface area contributed by atoms with Crippen molar-refractivity contribution in [2.75, 3.05) is 36.0 Å². The van der Waals surface area contributed by atoms with E-state index in [0.29, 0.717) is 6.54 Å². The number of hydrogen-bond acceptors (Lipinski definition) is 6.